The normalized spacial score (nSPS) is 42.9. The Bertz CT molecular complexity index is 246. The molecule has 1 heteroatoms. The Kier molecular flexibility index (Phi) is 3.30. The zero-order valence-corrected chi connectivity index (χ0v) is 11.0. The predicted octanol–water partition coefficient (Wildman–Crippen LogP) is 4.19. The highest BCUT2D eigenvalue weighted by Gasteiger charge is 2.50. The molecule has 0 N–H and O–H groups in total. The largest absolute Gasteiger partial charge is 0.381 e. The van der Waals surface area contributed by atoms with Gasteiger partial charge in [0.15, 0.2) is 0 Å². The van der Waals surface area contributed by atoms with Gasteiger partial charge in [-0.15, -0.1) is 6.58 Å². The summed E-state index contributed by atoms with van der Waals surface area (Å²) in [6.07, 6.45) is 13.3. The van der Waals surface area contributed by atoms with E-state index in [1.165, 1.54) is 38.5 Å². The summed E-state index contributed by atoms with van der Waals surface area (Å²) in [5.41, 5.74) is 0.600. The molecule has 0 aromatic rings. The van der Waals surface area contributed by atoms with E-state index >= 15 is 0 Å². The van der Waals surface area contributed by atoms with Crippen molar-refractivity contribution in [2.75, 3.05) is 13.2 Å². The van der Waals surface area contributed by atoms with Crippen LogP contribution in [0.4, 0.5) is 0 Å². The molecule has 4 aliphatic carbocycles. The summed E-state index contributed by atoms with van der Waals surface area (Å²) >= 11 is 0. The van der Waals surface area contributed by atoms with Crippen LogP contribution < -0.4 is 0 Å². The van der Waals surface area contributed by atoms with Crippen molar-refractivity contribution in [3.63, 3.8) is 0 Å². The fourth-order valence-corrected chi connectivity index (χ4v) is 5.09. The van der Waals surface area contributed by atoms with E-state index in [0.29, 0.717) is 5.41 Å². The van der Waals surface area contributed by atoms with Gasteiger partial charge in [0.25, 0.3) is 0 Å². The van der Waals surface area contributed by atoms with E-state index in [-0.39, 0.29) is 0 Å². The molecule has 0 amide bonds. The van der Waals surface area contributed by atoms with Gasteiger partial charge >= 0.3 is 0 Å². The minimum atomic E-state index is 0.600. The van der Waals surface area contributed by atoms with Crippen LogP contribution in [0.5, 0.6) is 0 Å². The third-order valence-corrected chi connectivity index (χ3v) is 5.27. The van der Waals surface area contributed by atoms with Gasteiger partial charge in [-0.05, 0) is 74.5 Å². The second kappa shape index (κ2) is 4.76. The molecule has 0 unspecified atom stereocenters. The summed E-state index contributed by atoms with van der Waals surface area (Å²) in [4.78, 5) is 0. The Balaban J connectivity index is 1.50. The maximum absolute atomic E-state index is 5.97. The molecule has 4 saturated carbocycles. The number of hydrogen-bond acceptors (Lipinski definition) is 1. The zero-order chi connectivity index (χ0) is 11.7. The summed E-state index contributed by atoms with van der Waals surface area (Å²) in [6, 6.07) is 0. The average molecular weight is 234 g/mol. The third-order valence-electron chi connectivity index (χ3n) is 5.27. The number of allylic oxidation sites excluding steroid dienone is 1. The van der Waals surface area contributed by atoms with Crippen LogP contribution in [0.2, 0.25) is 0 Å². The van der Waals surface area contributed by atoms with Crippen molar-refractivity contribution in [3.8, 4) is 0 Å². The molecule has 0 radical (unpaired) electrons. The molecule has 4 fully saturated rings. The van der Waals surface area contributed by atoms with Crippen molar-refractivity contribution >= 4 is 0 Å². The van der Waals surface area contributed by atoms with Gasteiger partial charge in [0.05, 0.1) is 6.61 Å². The lowest BCUT2D eigenvalue weighted by molar-refractivity contribution is -0.0964. The topological polar surface area (TPSA) is 9.23 Å². The van der Waals surface area contributed by atoms with Crippen molar-refractivity contribution < 1.29 is 4.74 Å². The Labute approximate surface area is 106 Å². The molecule has 0 spiro atoms. The molecule has 4 aliphatic rings. The molecular formula is C16H26O. The van der Waals surface area contributed by atoms with E-state index in [4.69, 9.17) is 4.74 Å². The van der Waals surface area contributed by atoms with Crippen LogP contribution in [0.25, 0.3) is 0 Å². The lowest BCUT2D eigenvalue weighted by Crippen LogP contribution is -2.48. The first-order chi connectivity index (χ1) is 8.30. The number of rotatable bonds is 6. The monoisotopic (exact) mass is 234 g/mol. The molecular weight excluding hydrogens is 208 g/mol. The zero-order valence-electron chi connectivity index (χ0n) is 11.0. The highest BCUT2D eigenvalue weighted by atomic mass is 16.5. The SMILES string of the molecule is C=CCCCOCC12CC3CC(CC(C3)C1)C2. The first kappa shape index (κ1) is 11.8. The quantitative estimate of drug-likeness (QED) is 0.495. The van der Waals surface area contributed by atoms with Crippen LogP contribution in [0, 0.1) is 23.2 Å². The van der Waals surface area contributed by atoms with E-state index in [1.54, 1.807) is 0 Å². The smallest absolute Gasteiger partial charge is 0.0522 e. The summed E-state index contributed by atoms with van der Waals surface area (Å²) in [6.45, 7) is 5.74. The number of unbranched alkanes of at least 4 members (excludes halogenated alkanes) is 1. The van der Waals surface area contributed by atoms with Crippen molar-refractivity contribution in [1.82, 2.24) is 0 Å². The molecule has 0 atom stereocenters. The summed E-state index contributed by atoms with van der Waals surface area (Å²) in [5.74, 6) is 3.16. The van der Waals surface area contributed by atoms with E-state index in [2.05, 4.69) is 6.58 Å². The summed E-state index contributed by atoms with van der Waals surface area (Å²) in [7, 11) is 0. The second-order valence-corrected chi connectivity index (χ2v) is 6.90. The molecule has 0 heterocycles. The molecule has 17 heavy (non-hydrogen) atoms. The summed E-state index contributed by atoms with van der Waals surface area (Å²) < 4.78 is 5.97. The molecule has 0 aromatic carbocycles. The van der Waals surface area contributed by atoms with E-state index in [9.17, 15) is 0 Å². The van der Waals surface area contributed by atoms with Gasteiger partial charge in [-0.2, -0.15) is 0 Å². The Hall–Kier alpha value is -0.300. The van der Waals surface area contributed by atoms with Crippen molar-refractivity contribution in [2.45, 2.75) is 51.4 Å². The third kappa shape index (κ3) is 2.45. The van der Waals surface area contributed by atoms with Gasteiger partial charge in [-0.3, -0.25) is 0 Å². The van der Waals surface area contributed by atoms with Gasteiger partial charge in [-0.1, -0.05) is 6.08 Å². The molecule has 0 aliphatic heterocycles. The Morgan fingerprint density at radius 3 is 2.18 bits per heavy atom. The fourth-order valence-electron chi connectivity index (χ4n) is 5.09. The molecule has 1 nitrogen and oxygen atoms in total. The van der Waals surface area contributed by atoms with Crippen molar-refractivity contribution in [3.05, 3.63) is 12.7 Å². The first-order valence-electron chi connectivity index (χ1n) is 7.48. The highest BCUT2D eigenvalue weighted by Crippen LogP contribution is 2.59. The predicted molar refractivity (Wildman–Crippen MR) is 70.9 cm³/mol. The van der Waals surface area contributed by atoms with Crippen LogP contribution in [0.1, 0.15) is 51.4 Å². The Morgan fingerprint density at radius 2 is 1.65 bits per heavy atom. The molecule has 4 bridgehead atoms. The van der Waals surface area contributed by atoms with Gasteiger partial charge < -0.3 is 4.74 Å². The number of ether oxygens (including phenoxy) is 1. The van der Waals surface area contributed by atoms with E-state index < -0.39 is 0 Å². The maximum Gasteiger partial charge on any atom is 0.0522 e. The summed E-state index contributed by atoms with van der Waals surface area (Å²) in [5, 5.41) is 0. The minimum Gasteiger partial charge on any atom is -0.381 e. The van der Waals surface area contributed by atoms with Gasteiger partial charge in [0.1, 0.15) is 0 Å². The van der Waals surface area contributed by atoms with Crippen molar-refractivity contribution in [2.24, 2.45) is 23.2 Å². The van der Waals surface area contributed by atoms with Gasteiger partial charge in [0.2, 0.25) is 0 Å². The lowest BCUT2D eigenvalue weighted by atomic mass is 9.50. The van der Waals surface area contributed by atoms with E-state index in [0.717, 1.165) is 43.8 Å². The van der Waals surface area contributed by atoms with Crippen LogP contribution in [-0.2, 0) is 4.74 Å². The van der Waals surface area contributed by atoms with Gasteiger partial charge in [0, 0.05) is 6.61 Å². The van der Waals surface area contributed by atoms with E-state index in [1.807, 2.05) is 6.08 Å². The second-order valence-electron chi connectivity index (χ2n) is 6.90. The van der Waals surface area contributed by atoms with Crippen LogP contribution >= 0.6 is 0 Å². The minimum absolute atomic E-state index is 0.600. The average Bonchev–Trinajstić information content (AvgIpc) is 2.26. The van der Waals surface area contributed by atoms with Crippen LogP contribution in [0.3, 0.4) is 0 Å². The Morgan fingerprint density at radius 1 is 1.06 bits per heavy atom. The first-order valence-corrected chi connectivity index (χ1v) is 7.48. The van der Waals surface area contributed by atoms with Crippen LogP contribution in [-0.4, -0.2) is 13.2 Å². The molecule has 0 aromatic heterocycles. The molecule has 0 saturated heterocycles. The lowest BCUT2D eigenvalue weighted by Gasteiger charge is -2.56. The fraction of sp³-hybridized carbons (Fsp3) is 0.875. The number of hydrogen-bond donors (Lipinski definition) is 0. The maximum atomic E-state index is 5.97. The standard InChI is InChI=1S/C16H26O/c1-2-3-4-5-17-12-16-9-13-6-14(10-16)8-15(7-13)11-16/h2,13-15H,1,3-12H2. The molecule has 96 valence electrons. The molecule has 4 rings (SSSR count). The highest BCUT2D eigenvalue weighted by molar-refractivity contribution is 5.01. The van der Waals surface area contributed by atoms with Gasteiger partial charge in [-0.25, -0.2) is 0 Å². The van der Waals surface area contributed by atoms with Crippen LogP contribution in [0.15, 0.2) is 12.7 Å². The van der Waals surface area contributed by atoms with Crippen molar-refractivity contribution in [1.29, 1.82) is 0 Å².